The summed E-state index contributed by atoms with van der Waals surface area (Å²) in [5.74, 6) is 1.35. The van der Waals surface area contributed by atoms with Gasteiger partial charge in [0.1, 0.15) is 11.5 Å². The van der Waals surface area contributed by atoms with Crippen molar-refractivity contribution in [2.45, 2.75) is 38.9 Å². The van der Waals surface area contributed by atoms with Crippen molar-refractivity contribution in [3.05, 3.63) is 78.0 Å². The Morgan fingerprint density at radius 3 is 2.50 bits per heavy atom. The zero-order valence-corrected chi connectivity index (χ0v) is 22.0. The number of carbonyl (C=O) groups is 1. The molecule has 0 spiro atoms. The van der Waals surface area contributed by atoms with E-state index in [1.807, 2.05) is 30.3 Å². The van der Waals surface area contributed by atoms with Crippen LogP contribution in [0.25, 0.3) is 22.4 Å². The van der Waals surface area contributed by atoms with Crippen LogP contribution in [-0.2, 0) is 22.6 Å². The topological polar surface area (TPSA) is 95.2 Å². The van der Waals surface area contributed by atoms with Gasteiger partial charge in [0.25, 0.3) is 0 Å². The number of benzene rings is 2. The molecular formula is C30H36N6O2. The Kier molecular flexibility index (Phi) is 8.63. The number of piperidine rings is 1. The van der Waals surface area contributed by atoms with E-state index in [-0.39, 0.29) is 12.0 Å². The molecule has 3 heterocycles. The molecule has 38 heavy (non-hydrogen) atoms. The first-order chi connectivity index (χ1) is 18.6. The number of hydrogen-bond donors (Lipinski definition) is 3. The van der Waals surface area contributed by atoms with Crippen LogP contribution in [0, 0.1) is 0 Å². The maximum atomic E-state index is 11.2. The summed E-state index contributed by atoms with van der Waals surface area (Å²) in [4.78, 5) is 26.8. The monoisotopic (exact) mass is 512 g/mol. The molecule has 0 radical (unpaired) electrons. The first-order valence-electron chi connectivity index (χ1n) is 13.5. The first-order valence-corrected chi connectivity index (χ1v) is 13.5. The highest BCUT2D eigenvalue weighted by Gasteiger charge is 2.20. The number of nitrogens with one attached hydrogen (secondary N) is 3. The number of nitrogens with zero attached hydrogens (tertiary/aromatic N) is 3. The van der Waals surface area contributed by atoms with Crippen LogP contribution in [0.4, 0.5) is 5.82 Å². The van der Waals surface area contributed by atoms with E-state index in [9.17, 15) is 4.79 Å². The summed E-state index contributed by atoms with van der Waals surface area (Å²) in [6, 6.07) is 22.7. The summed E-state index contributed by atoms with van der Waals surface area (Å²) >= 11 is 0. The Labute approximate surface area is 223 Å². The number of rotatable bonds is 11. The molecule has 1 amide bonds. The molecule has 198 valence electrons. The Hall–Kier alpha value is -3.75. The molecule has 8 heteroatoms. The van der Waals surface area contributed by atoms with Gasteiger partial charge in [0.2, 0.25) is 5.91 Å². The predicted octanol–water partition coefficient (Wildman–Crippen LogP) is 4.40. The molecule has 3 N–H and O–H groups in total. The van der Waals surface area contributed by atoms with E-state index < -0.39 is 0 Å². The van der Waals surface area contributed by atoms with E-state index >= 15 is 0 Å². The van der Waals surface area contributed by atoms with Crippen molar-refractivity contribution in [2.24, 2.45) is 0 Å². The van der Waals surface area contributed by atoms with Gasteiger partial charge in [0.05, 0.1) is 18.1 Å². The second-order valence-electron chi connectivity index (χ2n) is 9.82. The van der Waals surface area contributed by atoms with Crippen molar-refractivity contribution in [3.8, 4) is 11.4 Å². The lowest BCUT2D eigenvalue weighted by atomic mass is 10.1. The Morgan fingerprint density at radius 2 is 1.76 bits per heavy atom. The Balaban J connectivity index is 1.20. The molecule has 5 rings (SSSR count). The number of ether oxygens (including phenoxy) is 1. The minimum atomic E-state index is -0.0484. The quantitative estimate of drug-likeness (QED) is 0.258. The molecule has 1 saturated heterocycles. The molecule has 4 aromatic rings. The summed E-state index contributed by atoms with van der Waals surface area (Å²) in [6.07, 6.45) is 3.44. The minimum Gasteiger partial charge on any atom is -0.372 e. The molecule has 2 aromatic heterocycles. The van der Waals surface area contributed by atoms with Crippen LogP contribution in [0.2, 0.25) is 0 Å². The Bertz CT molecular complexity index is 1320. The molecule has 0 aliphatic carbocycles. The summed E-state index contributed by atoms with van der Waals surface area (Å²) < 4.78 is 6.32. The lowest BCUT2D eigenvalue weighted by Crippen LogP contribution is -2.38. The molecular weight excluding hydrogens is 476 g/mol. The number of aromatic amines is 1. The second kappa shape index (κ2) is 12.7. The van der Waals surface area contributed by atoms with Gasteiger partial charge in [-0.15, -0.1) is 0 Å². The third kappa shape index (κ3) is 6.96. The van der Waals surface area contributed by atoms with Crippen molar-refractivity contribution in [1.82, 2.24) is 25.2 Å². The maximum Gasteiger partial charge on any atom is 0.216 e. The first kappa shape index (κ1) is 25.9. The molecule has 1 aliphatic rings. The van der Waals surface area contributed by atoms with E-state index in [2.05, 4.69) is 56.9 Å². The number of fused-ring (bicyclic) bond motifs is 1. The third-order valence-corrected chi connectivity index (χ3v) is 6.94. The smallest absolute Gasteiger partial charge is 0.216 e. The summed E-state index contributed by atoms with van der Waals surface area (Å²) in [5, 5.41) is 7.10. The molecule has 0 saturated carbocycles. The fraction of sp³-hybridized carbons (Fsp3) is 0.367. The van der Waals surface area contributed by atoms with E-state index in [0.29, 0.717) is 25.5 Å². The predicted molar refractivity (Wildman–Crippen MR) is 151 cm³/mol. The molecule has 1 aliphatic heterocycles. The molecule has 8 nitrogen and oxygen atoms in total. The average molecular weight is 513 g/mol. The normalized spacial score (nSPS) is 14.6. The Morgan fingerprint density at radius 1 is 1.03 bits per heavy atom. The zero-order valence-electron chi connectivity index (χ0n) is 22.0. The van der Waals surface area contributed by atoms with Gasteiger partial charge in [-0.25, -0.2) is 9.97 Å². The molecule has 0 atom stereocenters. The lowest BCUT2D eigenvalue weighted by Gasteiger charge is -2.31. The fourth-order valence-corrected chi connectivity index (χ4v) is 4.85. The third-order valence-electron chi connectivity index (χ3n) is 6.94. The number of anilines is 1. The van der Waals surface area contributed by atoms with Gasteiger partial charge in [-0.2, -0.15) is 0 Å². The van der Waals surface area contributed by atoms with Crippen LogP contribution in [0.15, 0.2) is 66.7 Å². The molecule has 1 fully saturated rings. The van der Waals surface area contributed by atoms with E-state index in [0.717, 1.165) is 67.0 Å². The van der Waals surface area contributed by atoms with E-state index in [4.69, 9.17) is 14.7 Å². The van der Waals surface area contributed by atoms with Crippen molar-refractivity contribution in [3.63, 3.8) is 0 Å². The van der Waals surface area contributed by atoms with Gasteiger partial charge in [-0.1, -0.05) is 60.7 Å². The van der Waals surface area contributed by atoms with Gasteiger partial charge < -0.3 is 25.3 Å². The maximum absolute atomic E-state index is 11.2. The number of aromatic nitrogens is 3. The summed E-state index contributed by atoms with van der Waals surface area (Å²) in [6.45, 7) is 6.35. The van der Waals surface area contributed by atoms with Crippen LogP contribution >= 0.6 is 0 Å². The fourth-order valence-electron chi connectivity index (χ4n) is 4.85. The van der Waals surface area contributed by atoms with Gasteiger partial charge >= 0.3 is 0 Å². The SMILES string of the molecule is CC(=O)NCCNc1nc(-c2ccccc2)nc2[nH]c(COC3CCN(CCc4ccccc4)CC3)cc12. The second-order valence-corrected chi connectivity index (χ2v) is 9.82. The number of carbonyl (C=O) groups excluding carboxylic acids is 1. The molecule has 0 unspecified atom stereocenters. The van der Waals surface area contributed by atoms with Crippen LogP contribution in [0.1, 0.15) is 31.0 Å². The number of hydrogen-bond acceptors (Lipinski definition) is 6. The van der Waals surface area contributed by atoms with Crippen molar-refractivity contribution in [1.29, 1.82) is 0 Å². The van der Waals surface area contributed by atoms with Crippen LogP contribution in [0.5, 0.6) is 0 Å². The standard InChI is InChI=1S/C30H36N6O2/c1-22(37)31-15-16-32-29-27-20-25(33-30(27)35-28(34-29)24-10-6-3-7-11-24)21-38-26-13-18-36(19-14-26)17-12-23-8-4-2-5-9-23/h2-11,20,26H,12-19,21H2,1H3,(H,31,37)(H2,32,33,34,35). The summed E-state index contributed by atoms with van der Waals surface area (Å²) in [5.41, 5.74) is 4.10. The van der Waals surface area contributed by atoms with Gasteiger partial charge in [-0.05, 0) is 30.9 Å². The largest absolute Gasteiger partial charge is 0.372 e. The number of likely N-dealkylation sites (tertiary alicyclic amines) is 1. The number of H-pyrrole nitrogens is 1. The zero-order chi connectivity index (χ0) is 26.2. The highest BCUT2D eigenvalue weighted by atomic mass is 16.5. The van der Waals surface area contributed by atoms with E-state index in [1.54, 1.807) is 0 Å². The minimum absolute atomic E-state index is 0.0484. The van der Waals surface area contributed by atoms with Gasteiger partial charge in [0.15, 0.2) is 5.82 Å². The van der Waals surface area contributed by atoms with E-state index in [1.165, 1.54) is 12.5 Å². The van der Waals surface area contributed by atoms with Crippen molar-refractivity contribution >= 4 is 22.8 Å². The van der Waals surface area contributed by atoms with Crippen LogP contribution in [-0.4, -0.2) is 64.6 Å². The van der Waals surface area contributed by atoms with Crippen LogP contribution < -0.4 is 10.6 Å². The van der Waals surface area contributed by atoms with Crippen molar-refractivity contribution in [2.75, 3.05) is 38.0 Å². The van der Waals surface area contributed by atoms with Crippen molar-refractivity contribution < 1.29 is 9.53 Å². The summed E-state index contributed by atoms with van der Waals surface area (Å²) in [7, 11) is 0. The highest BCUT2D eigenvalue weighted by Crippen LogP contribution is 2.26. The molecule has 2 aromatic carbocycles. The molecule has 0 bridgehead atoms. The van der Waals surface area contributed by atoms with Gasteiger partial charge in [0, 0.05) is 50.9 Å². The lowest BCUT2D eigenvalue weighted by molar-refractivity contribution is -0.118. The van der Waals surface area contributed by atoms with Gasteiger partial charge in [-0.3, -0.25) is 4.79 Å². The average Bonchev–Trinajstić information content (AvgIpc) is 3.38. The number of amides is 1. The highest BCUT2D eigenvalue weighted by molar-refractivity contribution is 5.89. The van der Waals surface area contributed by atoms with Crippen LogP contribution in [0.3, 0.4) is 0 Å².